The third kappa shape index (κ3) is 5.61. The van der Waals surface area contributed by atoms with Crippen molar-refractivity contribution >= 4 is 17.6 Å². The van der Waals surface area contributed by atoms with Crippen molar-refractivity contribution in [2.24, 2.45) is 0 Å². The minimum absolute atomic E-state index is 0.304. The summed E-state index contributed by atoms with van der Waals surface area (Å²) < 4.78 is 15.8. The van der Waals surface area contributed by atoms with E-state index in [1.807, 2.05) is 12.1 Å². The molecular weight excluding hydrogens is 346 g/mol. The molecule has 0 aromatic heterocycles. The lowest BCUT2D eigenvalue weighted by Gasteiger charge is -2.08. The summed E-state index contributed by atoms with van der Waals surface area (Å²) in [6.07, 6.45) is 6.52. The summed E-state index contributed by atoms with van der Waals surface area (Å²) in [6, 6.07) is 5.87. The van der Waals surface area contributed by atoms with Crippen molar-refractivity contribution < 1.29 is 23.8 Å². The van der Waals surface area contributed by atoms with Crippen molar-refractivity contribution in [1.29, 1.82) is 0 Å². The van der Waals surface area contributed by atoms with Gasteiger partial charge < -0.3 is 19.1 Å². The zero-order valence-electron chi connectivity index (χ0n) is 15.8. The zero-order valence-corrected chi connectivity index (χ0v) is 15.8. The van der Waals surface area contributed by atoms with E-state index in [0.717, 1.165) is 18.5 Å². The number of allylic oxidation sites excluding steroid dienone is 2. The second-order valence-corrected chi connectivity index (χ2v) is 6.19. The molecule has 0 aliphatic carbocycles. The second kappa shape index (κ2) is 10.4. The number of nitrogens with zero attached hydrogens (tertiary/aromatic N) is 1. The van der Waals surface area contributed by atoms with Crippen LogP contribution in [0.3, 0.4) is 0 Å². The van der Waals surface area contributed by atoms with Gasteiger partial charge in [0, 0.05) is 5.69 Å². The Hall–Kier alpha value is -2.76. The van der Waals surface area contributed by atoms with Gasteiger partial charge in [-0.05, 0) is 49.9 Å². The first kappa shape index (κ1) is 20.6. The first-order valence-corrected chi connectivity index (χ1v) is 9.11. The predicted molar refractivity (Wildman–Crippen MR) is 104 cm³/mol. The summed E-state index contributed by atoms with van der Waals surface area (Å²) in [4.78, 5) is 26.6. The number of carbonyl (C=O) groups excluding carboxylic acids is 2. The Balaban J connectivity index is 2.02. The molecule has 6 nitrogen and oxygen atoms in total. The largest absolute Gasteiger partial charge is 0.497 e. The lowest BCUT2D eigenvalue weighted by Crippen LogP contribution is -2.21. The number of carbonyl (C=O) groups is 2. The normalized spacial score (nSPS) is 17.7. The number of esters is 2. The molecule has 0 amide bonds. The topological polar surface area (TPSA) is 64.8 Å². The van der Waals surface area contributed by atoms with Crippen molar-refractivity contribution in [3.8, 4) is 5.75 Å². The van der Waals surface area contributed by atoms with E-state index in [0.29, 0.717) is 31.8 Å². The van der Waals surface area contributed by atoms with Gasteiger partial charge in [0.25, 0.3) is 0 Å². The van der Waals surface area contributed by atoms with Gasteiger partial charge in [0.15, 0.2) is 12.1 Å². The summed E-state index contributed by atoms with van der Waals surface area (Å²) in [5, 5.41) is 0. The lowest BCUT2D eigenvalue weighted by molar-refractivity contribution is -0.147. The molecule has 1 saturated heterocycles. The highest BCUT2D eigenvalue weighted by Gasteiger charge is 2.59. The smallest absolute Gasteiger partial charge is 0.331 e. The summed E-state index contributed by atoms with van der Waals surface area (Å²) >= 11 is 0. The molecule has 1 aromatic carbocycles. The van der Waals surface area contributed by atoms with Gasteiger partial charge in [-0.3, -0.25) is 0 Å². The molecule has 1 aromatic rings. The standard InChI is InChI=1S/C21H27NO5/c1-4-6-8-14-26-20(23)18-19(21(24)27-15-9-7-5-2)22(18)16-10-12-17(25-3)13-11-16/h4-5,10-13,18-19H,1-2,6-9,14-15H2,3H3/t18-,19-/m1/s1. The number of rotatable bonds is 12. The molecule has 146 valence electrons. The molecule has 1 aliphatic rings. The first-order chi connectivity index (χ1) is 13.1. The molecule has 2 rings (SSSR count). The van der Waals surface area contributed by atoms with Crippen LogP contribution < -0.4 is 9.64 Å². The van der Waals surface area contributed by atoms with Gasteiger partial charge in [-0.1, -0.05) is 12.2 Å². The van der Waals surface area contributed by atoms with Gasteiger partial charge in [-0.15, -0.1) is 13.2 Å². The van der Waals surface area contributed by atoms with Crippen LogP contribution >= 0.6 is 0 Å². The van der Waals surface area contributed by atoms with E-state index in [9.17, 15) is 9.59 Å². The van der Waals surface area contributed by atoms with Crippen molar-refractivity contribution in [2.75, 3.05) is 25.2 Å². The third-order valence-electron chi connectivity index (χ3n) is 4.26. The molecule has 0 bridgehead atoms. The Morgan fingerprint density at radius 1 is 0.963 bits per heavy atom. The Bertz CT molecular complexity index is 621. The minimum Gasteiger partial charge on any atom is -0.497 e. The molecule has 1 fully saturated rings. The SMILES string of the molecule is C=CCCCOC(=O)[C@H]1[C@H](C(=O)OCCCC=C)N1c1ccc(OC)cc1. The summed E-state index contributed by atoms with van der Waals surface area (Å²) in [7, 11) is 1.58. The maximum Gasteiger partial charge on any atom is 0.331 e. The molecule has 6 heteroatoms. The summed E-state index contributed by atoms with van der Waals surface area (Å²) in [5.41, 5.74) is 0.747. The van der Waals surface area contributed by atoms with Crippen LogP contribution in [0.2, 0.25) is 0 Å². The maximum absolute atomic E-state index is 12.4. The number of hydrogen-bond acceptors (Lipinski definition) is 6. The van der Waals surface area contributed by atoms with Crippen LogP contribution in [0, 0.1) is 0 Å². The van der Waals surface area contributed by atoms with Gasteiger partial charge in [0.05, 0.1) is 20.3 Å². The van der Waals surface area contributed by atoms with E-state index in [2.05, 4.69) is 13.2 Å². The van der Waals surface area contributed by atoms with Crippen LogP contribution in [0.15, 0.2) is 49.6 Å². The fraction of sp³-hybridized carbons (Fsp3) is 0.429. The average molecular weight is 373 g/mol. The molecule has 2 atom stereocenters. The molecule has 27 heavy (non-hydrogen) atoms. The van der Waals surface area contributed by atoms with Gasteiger partial charge in [-0.2, -0.15) is 0 Å². The molecule has 0 unspecified atom stereocenters. The van der Waals surface area contributed by atoms with Crippen LogP contribution in [-0.2, 0) is 19.1 Å². The van der Waals surface area contributed by atoms with Crippen LogP contribution in [0.1, 0.15) is 25.7 Å². The molecule has 1 aliphatic heterocycles. The molecule has 0 spiro atoms. The van der Waals surface area contributed by atoms with Crippen LogP contribution in [0.5, 0.6) is 5.75 Å². The minimum atomic E-state index is -0.658. The van der Waals surface area contributed by atoms with E-state index in [1.54, 1.807) is 36.3 Å². The van der Waals surface area contributed by atoms with Crippen molar-refractivity contribution in [2.45, 2.75) is 37.8 Å². The molecule has 0 N–H and O–H groups in total. The average Bonchev–Trinajstić information content (AvgIpc) is 3.44. The van der Waals surface area contributed by atoms with E-state index < -0.39 is 24.0 Å². The zero-order chi connectivity index (χ0) is 19.6. The van der Waals surface area contributed by atoms with Crippen molar-refractivity contribution in [1.82, 2.24) is 0 Å². The number of anilines is 1. The molecule has 0 radical (unpaired) electrons. The summed E-state index contributed by atoms with van der Waals surface area (Å²) in [6.45, 7) is 7.89. The molecular formula is C21H27NO5. The Labute approximate surface area is 160 Å². The molecule has 1 heterocycles. The van der Waals surface area contributed by atoms with E-state index in [4.69, 9.17) is 14.2 Å². The highest BCUT2D eigenvalue weighted by atomic mass is 16.5. The van der Waals surface area contributed by atoms with Gasteiger partial charge in [0.2, 0.25) is 0 Å². The van der Waals surface area contributed by atoms with Crippen LogP contribution in [0.4, 0.5) is 5.69 Å². The van der Waals surface area contributed by atoms with Gasteiger partial charge in [-0.25, -0.2) is 9.59 Å². The fourth-order valence-corrected chi connectivity index (χ4v) is 2.76. The highest BCUT2D eigenvalue weighted by molar-refractivity contribution is 6.01. The molecule has 0 saturated carbocycles. The van der Waals surface area contributed by atoms with E-state index in [1.165, 1.54) is 0 Å². The van der Waals surface area contributed by atoms with E-state index in [-0.39, 0.29) is 0 Å². The highest BCUT2D eigenvalue weighted by Crippen LogP contribution is 2.37. The third-order valence-corrected chi connectivity index (χ3v) is 4.26. The van der Waals surface area contributed by atoms with Crippen LogP contribution in [0.25, 0.3) is 0 Å². The maximum atomic E-state index is 12.4. The Morgan fingerprint density at radius 2 is 1.44 bits per heavy atom. The first-order valence-electron chi connectivity index (χ1n) is 9.11. The lowest BCUT2D eigenvalue weighted by atomic mass is 10.3. The number of unbranched alkanes of at least 4 members (excludes halogenated alkanes) is 2. The summed E-state index contributed by atoms with van der Waals surface area (Å²) in [5.74, 6) is -0.126. The quantitative estimate of drug-likeness (QED) is 0.242. The number of benzene rings is 1. The predicted octanol–water partition coefficient (Wildman–Crippen LogP) is 3.27. The Morgan fingerprint density at radius 3 is 1.85 bits per heavy atom. The number of methoxy groups -OCH3 is 1. The van der Waals surface area contributed by atoms with Crippen LogP contribution in [-0.4, -0.2) is 44.3 Å². The van der Waals surface area contributed by atoms with Crippen molar-refractivity contribution in [3.63, 3.8) is 0 Å². The van der Waals surface area contributed by atoms with Crippen molar-refractivity contribution in [3.05, 3.63) is 49.6 Å². The Kier molecular flexibility index (Phi) is 7.92. The monoisotopic (exact) mass is 373 g/mol. The van der Waals surface area contributed by atoms with Gasteiger partial charge >= 0.3 is 11.9 Å². The second-order valence-electron chi connectivity index (χ2n) is 6.19. The number of ether oxygens (including phenoxy) is 3. The van der Waals surface area contributed by atoms with Gasteiger partial charge in [0.1, 0.15) is 5.75 Å². The van der Waals surface area contributed by atoms with E-state index >= 15 is 0 Å². The fourth-order valence-electron chi connectivity index (χ4n) is 2.76. The number of hydrogen-bond donors (Lipinski definition) is 0.